The number of aryl methyl sites for hydroxylation is 1. The van der Waals surface area contributed by atoms with Crippen molar-refractivity contribution in [3.8, 4) is 0 Å². The van der Waals surface area contributed by atoms with Crippen molar-refractivity contribution in [1.29, 1.82) is 0 Å². The van der Waals surface area contributed by atoms with Gasteiger partial charge in [-0.25, -0.2) is 0 Å². The minimum atomic E-state index is 0.786. The van der Waals surface area contributed by atoms with Gasteiger partial charge in [0.05, 0.1) is 0 Å². The Morgan fingerprint density at radius 2 is 2.50 bits per heavy atom. The van der Waals surface area contributed by atoms with E-state index < -0.39 is 0 Å². The van der Waals surface area contributed by atoms with Gasteiger partial charge in [-0.3, -0.25) is 0 Å². The van der Waals surface area contributed by atoms with Crippen molar-refractivity contribution in [2.24, 2.45) is 0 Å². The highest BCUT2D eigenvalue weighted by Crippen LogP contribution is 2.20. The Bertz CT molecular complexity index is 219. The molecule has 1 aromatic rings. The molecule has 0 unspecified atom stereocenters. The van der Waals surface area contributed by atoms with Gasteiger partial charge < -0.3 is 0 Å². The van der Waals surface area contributed by atoms with Crippen LogP contribution >= 0.6 is 23.1 Å². The van der Waals surface area contributed by atoms with Gasteiger partial charge in [0, 0.05) is 5.75 Å². The largest absolute Gasteiger partial charge is 0.174 e. The molecule has 0 saturated carbocycles. The summed E-state index contributed by atoms with van der Waals surface area (Å²) in [6.45, 7) is 5.44. The monoisotopic (exact) mass is 171 g/mol. The summed E-state index contributed by atoms with van der Waals surface area (Å²) >= 11 is 3.21. The van der Waals surface area contributed by atoms with E-state index in [2.05, 4.69) is 22.9 Å². The van der Waals surface area contributed by atoms with Crippen LogP contribution in [-0.2, 0) is 0 Å². The van der Waals surface area contributed by atoms with Gasteiger partial charge in [-0.15, -0.1) is 10.2 Å². The van der Waals surface area contributed by atoms with Crippen LogP contribution in [0.1, 0.15) is 5.01 Å². The Morgan fingerprint density at radius 3 is 3.00 bits per heavy atom. The van der Waals surface area contributed by atoms with Crippen LogP contribution in [-0.4, -0.2) is 16.0 Å². The summed E-state index contributed by atoms with van der Waals surface area (Å²) in [5, 5.41) is 8.79. The Hall–Kier alpha value is -0.350. The van der Waals surface area contributed by atoms with Crippen LogP contribution in [0, 0.1) is 13.0 Å². The Labute approximate surface area is 68.4 Å². The minimum absolute atomic E-state index is 0.786. The van der Waals surface area contributed by atoms with Gasteiger partial charge in [0.15, 0.2) is 4.34 Å². The summed E-state index contributed by atoms with van der Waals surface area (Å²) in [5.41, 5.74) is 0. The molecule has 53 valence electrons. The van der Waals surface area contributed by atoms with E-state index in [0.29, 0.717) is 0 Å². The molecule has 0 aliphatic carbocycles. The Balaban J connectivity index is 2.49. The van der Waals surface area contributed by atoms with Crippen LogP contribution in [0.3, 0.4) is 0 Å². The highest BCUT2D eigenvalue weighted by atomic mass is 32.2. The second kappa shape index (κ2) is 3.73. The molecule has 4 heteroatoms. The van der Waals surface area contributed by atoms with Crippen molar-refractivity contribution in [1.82, 2.24) is 10.2 Å². The SMILES string of the molecule is C=[C]CSc1nnc(C)s1. The molecule has 10 heavy (non-hydrogen) atoms. The molecule has 0 bridgehead atoms. The smallest absolute Gasteiger partial charge is 0.143 e. The van der Waals surface area contributed by atoms with Crippen LogP contribution < -0.4 is 0 Å². The normalized spacial score (nSPS) is 9.70. The van der Waals surface area contributed by atoms with Crippen LogP contribution in [0.15, 0.2) is 10.9 Å². The predicted molar refractivity (Wildman–Crippen MR) is 44.2 cm³/mol. The lowest BCUT2D eigenvalue weighted by Gasteiger charge is -1.84. The molecule has 0 saturated heterocycles. The zero-order chi connectivity index (χ0) is 7.40. The van der Waals surface area contributed by atoms with Gasteiger partial charge in [-0.05, 0) is 13.0 Å². The summed E-state index contributed by atoms with van der Waals surface area (Å²) in [6, 6.07) is 0. The minimum Gasteiger partial charge on any atom is -0.143 e. The lowest BCUT2D eigenvalue weighted by Crippen LogP contribution is -1.72. The van der Waals surface area contributed by atoms with Gasteiger partial charge in [-0.1, -0.05) is 29.7 Å². The lowest BCUT2D eigenvalue weighted by molar-refractivity contribution is 0.984. The molecule has 0 spiro atoms. The fourth-order valence-corrected chi connectivity index (χ4v) is 1.96. The topological polar surface area (TPSA) is 25.8 Å². The molecular weight excluding hydrogens is 164 g/mol. The van der Waals surface area contributed by atoms with Crippen LogP contribution in [0.5, 0.6) is 0 Å². The maximum atomic E-state index is 3.92. The quantitative estimate of drug-likeness (QED) is 0.650. The first-order chi connectivity index (χ1) is 4.83. The number of hydrogen-bond donors (Lipinski definition) is 0. The first-order valence-corrected chi connectivity index (χ1v) is 4.56. The van der Waals surface area contributed by atoms with E-state index in [1.807, 2.05) is 6.92 Å². The van der Waals surface area contributed by atoms with Crippen LogP contribution in [0.4, 0.5) is 0 Å². The first-order valence-electron chi connectivity index (χ1n) is 2.76. The Kier molecular flexibility index (Phi) is 2.89. The molecular formula is C6H7N2S2. The molecule has 0 aliphatic rings. The fourth-order valence-electron chi connectivity index (χ4n) is 0.450. The third-order valence-corrected chi connectivity index (χ3v) is 2.72. The number of aromatic nitrogens is 2. The summed E-state index contributed by atoms with van der Waals surface area (Å²) in [7, 11) is 0. The first kappa shape index (κ1) is 7.75. The van der Waals surface area contributed by atoms with Crippen molar-refractivity contribution in [2.75, 3.05) is 5.75 Å². The van der Waals surface area contributed by atoms with Gasteiger partial charge in [0.25, 0.3) is 0 Å². The second-order valence-corrected chi connectivity index (χ2v) is 4.03. The van der Waals surface area contributed by atoms with E-state index >= 15 is 0 Å². The summed E-state index contributed by atoms with van der Waals surface area (Å²) in [5.74, 6) is 0.786. The van der Waals surface area contributed by atoms with Gasteiger partial charge in [0.1, 0.15) is 5.01 Å². The molecule has 1 rings (SSSR count). The van der Waals surface area contributed by atoms with Crippen molar-refractivity contribution in [3.63, 3.8) is 0 Å². The van der Waals surface area contributed by atoms with E-state index in [1.54, 1.807) is 23.1 Å². The van der Waals surface area contributed by atoms with E-state index in [-0.39, 0.29) is 0 Å². The van der Waals surface area contributed by atoms with E-state index in [4.69, 9.17) is 0 Å². The van der Waals surface area contributed by atoms with E-state index in [1.165, 1.54) is 0 Å². The molecule has 0 amide bonds. The number of hydrogen-bond acceptors (Lipinski definition) is 4. The fraction of sp³-hybridized carbons (Fsp3) is 0.333. The summed E-state index contributed by atoms with van der Waals surface area (Å²) in [4.78, 5) is 0. The third kappa shape index (κ3) is 2.11. The molecule has 1 radical (unpaired) electrons. The Morgan fingerprint density at radius 1 is 1.70 bits per heavy atom. The summed E-state index contributed by atoms with van der Waals surface area (Å²) < 4.78 is 0.994. The van der Waals surface area contributed by atoms with Crippen molar-refractivity contribution >= 4 is 23.1 Å². The van der Waals surface area contributed by atoms with Gasteiger partial charge >= 0.3 is 0 Å². The maximum absolute atomic E-state index is 3.92. The van der Waals surface area contributed by atoms with Crippen molar-refractivity contribution in [2.45, 2.75) is 11.3 Å². The summed E-state index contributed by atoms with van der Waals surface area (Å²) in [6.07, 6.45) is 2.78. The number of nitrogens with zero attached hydrogens (tertiary/aromatic N) is 2. The zero-order valence-electron chi connectivity index (χ0n) is 5.63. The zero-order valence-corrected chi connectivity index (χ0v) is 7.26. The molecule has 2 nitrogen and oxygen atoms in total. The predicted octanol–water partition coefficient (Wildman–Crippen LogP) is 1.93. The molecule has 1 aromatic heterocycles. The van der Waals surface area contributed by atoms with E-state index in [0.717, 1.165) is 15.1 Å². The average molecular weight is 171 g/mol. The molecule has 0 fully saturated rings. The molecule has 1 heterocycles. The number of rotatable bonds is 3. The van der Waals surface area contributed by atoms with Gasteiger partial charge in [0.2, 0.25) is 0 Å². The lowest BCUT2D eigenvalue weighted by atomic mass is 10.8. The van der Waals surface area contributed by atoms with Gasteiger partial charge in [-0.2, -0.15) is 0 Å². The van der Waals surface area contributed by atoms with Crippen LogP contribution in [0.25, 0.3) is 0 Å². The average Bonchev–Trinajstić information content (AvgIpc) is 2.31. The highest BCUT2D eigenvalue weighted by molar-refractivity contribution is 8.01. The van der Waals surface area contributed by atoms with Crippen LogP contribution in [0.2, 0.25) is 0 Å². The maximum Gasteiger partial charge on any atom is 0.174 e. The molecule has 0 N–H and O–H groups in total. The third-order valence-electron chi connectivity index (χ3n) is 0.805. The van der Waals surface area contributed by atoms with Crippen molar-refractivity contribution in [3.05, 3.63) is 17.7 Å². The second-order valence-electron chi connectivity index (χ2n) is 1.63. The molecule has 0 aromatic carbocycles. The standard InChI is InChI=1S/C6H7N2S2/c1-3-4-9-6-8-7-5(2)10-6/h1,4H2,2H3. The van der Waals surface area contributed by atoms with E-state index in [9.17, 15) is 0 Å². The number of thioether (sulfide) groups is 1. The highest BCUT2D eigenvalue weighted by Gasteiger charge is 1.97. The van der Waals surface area contributed by atoms with Crippen molar-refractivity contribution < 1.29 is 0 Å². The molecule has 0 atom stereocenters. The molecule has 0 aliphatic heterocycles.